The van der Waals surface area contributed by atoms with E-state index in [1.165, 1.54) is 121 Å². The average molecular weight is 405 g/mol. The SMILES string of the molecule is CCCCCCCCCCC(CCCCCCC)c1nccn1C(C)CCCC. The van der Waals surface area contributed by atoms with Crippen molar-refractivity contribution in [2.24, 2.45) is 0 Å². The highest BCUT2D eigenvalue weighted by molar-refractivity contribution is 5.02. The lowest BCUT2D eigenvalue weighted by Gasteiger charge is -2.22. The average Bonchev–Trinajstić information content (AvgIpc) is 3.22. The highest BCUT2D eigenvalue weighted by Crippen LogP contribution is 2.30. The van der Waals surface area contributed by atoms with E-state index in [0.29, 0.717) is 12.0 Å². The summed E-state index contributed by atoms with van der Waals surface area (Å²) >= 11 is 0. The molecule has 0 aliphatic carbocycles. The molecule has 0 aromatic carbocycles. The molecule has 2 unspecified atom stereocenters. The van der Waals surface area contributed by atoms with Crippen LogP contribution in [0.25, 0.3) is 0 Å². The second kappa shape index (κ2) is 18.0. The molecule has 170 valence electrons. The molecule has 1 rings (SSSR count). The van der Waals surface area contributed by atoms with E-state index in [4.69, 9.17) is 4.98 Å². The van der Waals surface area contributed by atoms with E-state index in [2.05, 4.69) is 44.7 Å². The highest BCUT2D eigenvalue weighted by atomic mass is 15.1. The Bertz CT molecular complexity index is 465. The van der Waals surface area contributed by atoms with Crippen molar-refractivity contribution >= 4 is 0 Å². The monoisotopic (exact) mass is 404 g/mol. The van der Waals surface area contributed by atoms with Gasteiger partial charge in [0.15, 0.2) is 0 Å². The number of hydrogen-bond acceptors (Lipinski definition) is 1. The fraction of sp³-hybridized carbons (Fsp3) is 0.889. The Kier molecular flexibility index (Phi) is 16.3. The van der Waals surface area contributed by atoms with Crippen LogP contribution in [-0.2, 0) is 0 Å². The minimum Gasteiger partial charge on any atom is -0.332 e. The Morgan fingerprint density at radius 2 is 1.14 bits per heavy atom. The number of imidazole rings is 1. The van der Waals surface area contributed by atoms with E-state index in [1.807, 2.05) is 0 Å². The summed E-state index contributed by atoms with van der Waals surface area (Å²) < 4.78 is 2.51. The number of unbranched alkanes of at least 4 members (excludes halogenated alkanes) is 12. The molecule has 0 saturated heterocycles. The quantitative estimate of drug-likeness (QED) is 0.198. The molecule has 0 fully saturated rings. The van der Waals surface area contributed by atoms with Crippen LogP contribution in [0.15, 0.2) is 12.4 Å². The Morgan fingerprint density at radius 3 is 1.66 bits per heavy atom. The zero-order valence-corrected chi connectivity index (χ0v) is 20.4. The van der Waals surface area contributed by atoms with Gasteiger partial charge in [-0.25, -0.2) is 4.98 Å². The van der Waals surface area contributed by atoms with Gasteiger partial charge in [-0.3, -0.25) is 0 Å². The smallest absolute Gasteiger partial charge is 0.111 e. The zero-order valence-electron chi connectivity index (χ0n) is 20.4. The molecule has 0 amide bonds. The van der Waals surface area contributed by atoms with Crippen LogP contribution in [0.1, 0.15) is 161 Å². The maximum Gasteiger partial charge on any atom is 0.111 e. The number of nitrogens with zero attached hydrogens (tertiary/aromatic N) is 2. The molecule has 0 N–H and O–H groups in total. The van der Waals surface area contributed by atoms with Gasteiger partial charge in [-0.2, -0.15) is 0 Å². The maximum absolute atomic E-state index is 4.87. The summed E-state index contributed by atoms with van der Waals surface area (Å²) in [5.41, 5.74) is 0. The van der Waals surface area contributed by atoms with Crippen LogP contribution in [0, 0.1) is 0 Å². The van der Waals surface area contributed by atoms with Gasteiger partial charge in [0, 0.05) is 24.4 Å². The largest absolute Gasteiger partial charge is 0.332 e. The molecule has 0 aliphatic heterocycles. The molecule has 29 heavy (non-hydrogen) atoms. The van der Waals surface area contributed by atoms with Crippen LogP contribution >= 0.6 is 0 Å². The van der Waals surface area contributed by atoms with Gasteiger partial charge in [-0.1, -0.05) is 117 Å². The van der Waals surface area contributed by atoms with Crippen molar-refractivity contribution < 1.29 is 0 Å². The third-order valence-electron chi connectivity index (χ3n) is 6.58. The molecule has 1 aromatic heterocycles. The molecule has 0 spiro atoms. The van der Waals surface area contributed by atoms with Crippen LogP contribution in [0.5, 0.6) is 0 Å². The van der Waals surface area contributed by atoms with Gasteiger partial charge in [0.2, 0.25) is 0 Å². The third-order valence-corrected chi connectivity index (χ3v) is 6.58. The van der Waals surface area contributed by atoms with Gasteiger partial charge >= 0.3 is 0 Å². The first-order valence-electron chi connectivity index (χ1n) is 13.3. The summed E-state index contributed by atoms with van der Waals surface area (Å²) in [6.07, 6.45) is 29.0. The Balaban J connectivity index is 2.52. The molecule has 0 radical (unpaired) electrons. The predicted octanol–water partition coefficient (Wildman–Crippen LogP) is 9.61. The molecule has 2 atom stereocenters. The van der Waals surface area contributed by atoms with Gasteiger partial charge in [-0.15, -0.1) is 0 Å². The van der Waals surface area contributed by atoms with Gasteiger partial charge in [0.05, 0.1) is 0 Å². The highest BCUT2D eigenvalue weighted by Gasteiger charge is 2.19. The Labute approximate surface area is 183 Å². The summed E-state index contributed by atoms with van der Waals surface area (Å²) in [6.45, 7) is 9.29. The summed E-state index contributed by atoms with van der Waals surface area (Å²) in [6, 6.07) is 0.591. The summed E-state index contributed by atoms with van der Waals surface area (Å²) in [7, 11) is 0. The molecule has 1 aromatic rings. The minimum atomic E-state index is 0.591. The van der Waals surface area contributed by atoms with E-state index in [1.54, 1.807) is 0 Å². The van der Waals surface area contributed by atoms with E-state index in [9.17, 15) is 0 Å². The lowest BCUT2D eigenvalue weighted by atomic mass is 9.93. The van der Waals surface area contributed by atoms with Crippen LogP contribution in [0.2, 0.25) is 0 Å². The maximum atomic E-state index is 4.87. The minimum absolute atomic E-state index is 0.591. The first kappa shape index (κ1) is 26.2. The molecule has 1 heterocycles. The lowest BCUT2D eigenvalue weighted by molar-refractivity contribution is 0.417. The molecule has 2 heteroatoms. The van der Waals surface area contributed by atoms with E-state index in [0.717, 1.165) is 0 Å². The third kappa shape index (κ3) is 11.8. The van der Waals surface area contributed by atoms with Crippen molar-refractivity contribution in [3.63, 3.8) is 0 Å². The topological polar surface area (TPSA) is 17.8 Å². The Morgan fingerprint density at radius 1 is 0.655 bits per heavy atom. The molecular weight excluding hydrogens is 352 g/mol. The first-order valence-corrected chi connectivity index (χ1v) is 13.3. The van der Waals surface area contributed by atoms with Crippen molar-refractivity contribution in [1.29, 1.82) is 0 Å². The number of aromatic nitrogens is 2. The number of hydrogen-bond donors (Lipinski definition) is 0. The van der Waals surface area contributed by atoms with E-state index >= 15 is 0 Å². The second-order valence-corrected chi connectivity index (χ2v) is 9.35. The standard InChI is InChI=1S/C27H52N2/c1-5-8-11-13-14-15-17-19-22-26(21-18-16-12-9-6-2)27-28-23-24-29(27)25(4)20-10-7-3/h23-26H,5-22H2,1-4H3. The normalized spacial score (nSPS) is 13.7. The Hall–Kier alpha value is -0.790. The van der Waals surface area contributed by atoms with Crippen LogP contribution < -0.4 is 0 Å². The van der Waals surface area contributed by atoms with E-state index in [-0.39, 0.29) is 0 Å². The van der Waals surface area contributed by atoms with Crippen molar-refractivity contribution in [2.45, 2.75) is 155 Å². The summed E-state index contributed by atoms with van der Waals surface area (Å²) in [5, 5.41) is 0. The van der Waals surface area contributed by atoms with Crippen molar-refractivity contribution in [2.75, 3.05) is 0 Å². The van der Waals surface area contributed by atoms with Crippen molar-refractivity contribution in [3.05, 3.63) is 18.2 Å². The molecular formula is C27H52N2. The van der Waals surface area contributed by atoms with Crippen LogP contribution in [0.4, 0.5) is 0 Å². The van der Waals surface area contributed by atoms with Gasteiger partial charge in [-0.05, 0) is 26.2 Å². The lowest BCUT2D eigenvalue weighted by Crippen LogP contribution is -2.13. The second-order valence-electron chi connectivity index (χ2n) is 9.35. The van der Waals surface area contributed by atoms with Gasteiger partial charge in [0.1, 0.15) is 5.82 Å². The summed E-state index contributed by atoms with van der Waals surface area (Å²) in [4.78, 5) is 4.87. The van der Waals surface area contributed by atoms with Gasteiger partial charge < -0.3 is 4.57 Å². The zero-order chi connectivity index (χ0) is 21.2. The van der Waals surface area contributed by atoms with Crippen LogP contribution in [-0.4, -0.2) is 9.55 Å². The molecule has 0 bridgehead atoms. The molecule has 0 aliphatic rings. The number of rotatable bonds is 20. The molecule has 0 saturated carbocycles. The molecule has 2 nitrogen and oxygen atoms in total. The van der Waals surface area contributed by atoms with Crippen molar-refractivity contribution in [1.82, 2.24) is 9.55 Å². The fourth-order valence-corrected chi connectivity index (χ4v) is 4.57. The van der Waals surface area contributed by atoms with Gasteiger partial charge in [0.25, 0.3) is 0 Å². The van der Waals surface area contributed by atoms with Crippen molar-refractivity contribution in [3.8, 4) is 0 Å². The fourth-order valence-electron chi connectivity index (χ4n) is 4.57. The summed E-state index contributed by atoms with van der Waals surface area (Å²) in [5.74, 6) is 2.04. The van der Waals surface area contributed by atoms with E-state index < -0.39 is 0 Å². The first-order chi connectivity index (χ1) is 14.2. The van der Waals surface area contributed by atoms with Crippen LogP contribution in [0.3, 0.4) is 0 Å². The predicted molar refractivity (Wildman–Crippen MR) is 130 cm³/mol.